The lowest BCUT2D eigenvalue weighted by atomic mass is 10.0. The van der Waals surface area contributed by atoms with Crippen molar-refractivity contribution in [2.45, 2.75) is 199 Å². The number of hydrogen-bond acceptors (Lipinski definition) is 7. The van der Waals surface area contributed by atoms with E-state index in [2.05, 4.69) is 54.8 Å². The first-order valence-corrected chi connectivity index (χ1v) is 23.9. The minimum absolute atomic E-state index is 0.0593. The summed E-state index contributed by atoms with van der Waals surface area (Å²) in [5.41, 5.74) is 0. The van der Waals surface area contributed by atoms with Gasteiger partial charge in [0.15, 0.2) is 6.10 Å². The van der Waals surface area contributed by atoms with Crippen LogP contribution in [0.4, 0.5) is 0 Å². The number of aliphatic hydroxyl groups is 1. The van der Waals surface area contributed by atoms with Gasteiger partial charge in [-0.2, -0.15) is 0 Å². The van der Waals surface area contributed by atoms with Gasteiger partial charge in [-0.25, -0.2) is 4.57 Å². The Bertz CT molecular complexity index is 1170. The second-order valence-corrected chi connectivity index (χ2v) is 16.1. The molecule has 57 heavy (non-hydrogen) atoms. The highest BCUT2D eigenvalue weighted by molar-refractivity contribution is 7.46. The van der Waals surface area contributed by atoms with Crippen LogP contribution in [-0.2, 0) is 28.2 Å². The zero-order chi connectivity index (χ0) is 41.9. The maximum Gasteiger partial charge on any atom is 0.469 e. The summed E-state index contributed by atoms with van der Waals surface area (Å²) in [6, 6.07) is 0. The summed E-state index contributed by atoms with van der Waals surface area (Å²) in [6.07, 6.45) is 50.9. The number of allylic oxidation sites excluding steroid dienone is 10. The standard InChI is InChI=1S/C47H81O9P/c1-3-5-7-9-11-13-15-17-18-19-20-21-22-24-26-28-30-32-36-41-47(50)56-45(43-55-57(51,52)53)42-54-46(49)40-37-33-35-39-44(48)38-34-31-29-27-25-23-16-14-12-10-8-6-4-2/h6,8,12,14,23,25,29,31,33-35,38,44-45,48H,3-5,7,9-11,13,15-22,24,26-28,30,32,36-37,39-43H2,1-2H3,(H2,51,52,53)/b8-6-,14-12-,25-23-,31-29-,35-33-,38-34-/t44?,45-/m1/s1. The third kappa shape index (κ3) is 44.4. The molecule has 3 N–H and O–H groups in total. The first-order valence-electron chi connectivity index (χ1n) is 22.3. The van der Waals surface area contributed by atoms with E-state index in [9.17, 15) is 19.3 Å². The van der Waals surface area contributed by atoms with E-state index >= 15 is 0 Å². The van der Waals surface area contributed by atoms with Gasteiger partial charge in [0.25, 0.3) is 0 Å². The largest absolute Gasteiger partial charge is 0.469 e. The van der Waals surface area contributed by atoms with Crippen LogP contribution in [0, 0.1) is 0 Å². The number of phosphoric acid groups is 1. The fraction of sp³-hybridized carbons (Fsp3) is 0.702. The van der Waals surface area contributed by atoms with Gasteiger partial charge in [-0.1, -0.05) is 202 Å². The third-order valence-corrected chi connectivity index (χ3v) is 9.82. The zero-order valence-electron chi connectivity index (χ0n) is 35.8. The van der Waals surface area contributed by atoms with Crippen LogP contribution in [-0.4, -0.2) is 52.3 Å². The second-order valence-electron chi connectivity index (χ2n) is 14.9. The molecule has 0 amide bonds. The Morgan fingerprint density at radius 3 is 1.56 bits per heavy atom. The van der Waals surface area contributed by atoms with E-state index in [-0.39, 0.29) is 19.4 Å². The Hall–Kier alpha value is -2.55. The van der Waals surface area contributed by atoms with Gasteiger partial charge >= 0.3 is 19.8 Å². The maximum atomic E-state index is 12.4. The van der Waals surface area contributed by atoms with Crippen molar-refractivity contribution in [2.75, 3.05) is 13.2 Å². The van der Waals surface area contributed by atoms with E-state index in [4.69, 9.17) is 19.3 Å². The molecular weight excluding hydrogens is 739 g/mol. The summed E-state index contributed by atoms with van der Waals surface area (Å²) < 4.78 is 26.3. The molecule has 0 aromatic heterocycles. The van der Waals surface area contributed by atoms with Crippen LogP contribution < -0.4 is 0 Å². The van der Waals surface area contributed by atoms with Crippen LogP contribution in [0.1, 0.15) is 187 Å². The molecule has 0 bridgehead atoms. The molecule has 0 radical (unpaired) electrons. The normalized spacial score (nSPS) is 13.7. The van der Waals surface area contributed by atoms with Gasteiger partial charge in [0.1, 0.15) is 6.61 Å². The van der Waals surface area contributed by atoms with Crippen molar-refractivity contribution in [1.29, 1.82) is 0 Å². The molecule has 9 nitrogen and oxygen atoms in total. The molecule has 0 heterocycles. The Balaban J connectivity index is 4.08. The van der Waals surface area contributed by atoms with Crippen molar-refractivity contribution < 1.29 is 43.0 Å². The summed E-state index contributed by atoms with van der Waals surface area (Å²) in [5, 5.41) is 10.1. The Labute approximate surface area is 347 Å². The highest BCUT2D eigenvalue weighted by Gasteiger charge is 2.22. The topological polar surface area (TPSA) is 140 Å². The molecule has 0 saturated heterocycles. The zero-order valence-corrected chi connectivity index (χ0v) is 36.7. The van der Waals surface area contributed by atoms with Crippen LogP contribution >= 0.6 is 7.82 Å². The molecule has 0 rings (SSSR count). The van der Waals surface area contributed by atoms with E-state index in [0.717, 1.165) is 44.9 Å². The molecular formula is C47H81O9P. The van der Waals surface area contributed by atoms with Gasteiger partial charge in [-0.3, -0.25) is 14.1 Å². The number of esters is 2. The first-order chi connectivity index (χ1) is 27.7. The predicted molar refractivity (Wildman–Crippen MR) is 236 cm³/mol. The number of hydrogen-bond donors (Lipinski definition) is 3. The Morgan fingerprint density at radius 1 is 0.561 bits per heavy atom. The predicted octanol–water partition coefficient (Wildman–Crippen LogP) is 12.8. The molecule has 0 aliphatic heterocycles. The van der Waals surface area contributed by atoms with E-state index in [1.54, 1.807) is 18.2 Å². The van der Waals surface area contributed by atoms with E-state index in [1.165, 1.54) is 96.3 Å². The highest BCUT2D eigenvalue weighted by atomic mass is 31.2. The van der Waals surface area contributed by atoms with E-state index < -0.39 is 38.6 Å². The SMILES string of the molecule is CC/C=C\C/C=C\C/C=C\C/C=C\C=C/C(O)C/C=C\CCC(=O)OC[C@H](COP(=O)(O)O)OC(=O)CCCCCCCCCCCCCCCCCCCCC. The molecule has 0 aromatic carbocycles. The molecule has 0 aromatic rings. The van der Waals surface area contributed by atoms with Gasteiger partial charge in [-0.05, 0) is 44.9 Å². The average molecular weight is 821 g/mol. The molecule has 10 heteroatoms. The van der Waals surface area contributed by atoms with Gasteiger partial charge in [0.2, 0.25) is 0 Å². The number of carbonyl (C=O) groups is 2. The van der Waals surface area contributed by atoms with Crippen LogP contribution in [0.2, 0.25) is 0 Å². The number of aliphatic hydroxyl groups excluding tert-OH is 1. The maximum absolute atomic E-state index is 12.4. The van der Waals surface area contributed by atoms with Gasteiger partial charge in [0.05, 0.1) is 12.7 Å². The minimum Gasteiger partial charge on any atom is -0.462 e. The quantitative estimate of drug-likeness (QED) is 0.0181. The summed E-state index contributed by atoms with van der Waals surface area (Å²) in [6.45, 7) is 3.43. The van der Waals surface area contributed by atoms with Gasteiger partial charge < -0.3 is 24.4 Å². The second kappa shape index (κ2) is 41.6. The molecule has 1 unspecified atom stereocenters. The smallest absolute Gasteiger partial charge is 0.462 e. The van der Waals surface area contributed by atoms with Crippen molar-refractivity contribution in [3.8, 4) is 0 Å². The number of carbonyl (C=O) groups excluding carboxylic acids is 2. The fourth-order valence-corrected chi connectivity index (χ4v) is 6.37. The molecule has 0 fully saturated rings. The summed E-state index contributed by atoms with van der Waals surface area (Å²) in [4.78, 5) is 42.9. The first kappa shape index (κ1) is 54.5. The van der Waals surface area contributed by atoms with Crippen molar-refractivity contribution in [2.24, 2.45) is 0 Å². The van der Waals surface area contributed by atoms with E-state index in [0.29, 0.717) is 19.3 Å². The highest BCUT2D eigenvalue weighted by Crippen LogP contribution is 2.36. The minimum atomic E-state index is -4.80. The number of rotatable bonds is 40. The van der Waals surface area contributed by atoms with Crippen molar-refractivity contribution in [3.63, 3.8) is 0 Å². The van der Waals surface area contributed by atoms with Crippen LogP contribution in [0.25, 0.3) is 0 Å². The molecule has 2 atom stereocenters. The van der Waals surface area contributed by atoms with Gasteiger partial charge in [-0.15, -0.1) is 0 Å². The summed E-state index contributed by atoms with van der Waals surface area (Å²) >= 11 is 0. The van der Waals surface area contributed by atoms with Crippen molar-refractivity contribution >= 4 is 19.8 Å². The monoisotopic (exact) mass is 821 g/mol. The third-order valence-electron chi connectivity index (χ3n) is 9.33. The average Bonchev–Trinajstić information content (AvgIpc) is 3.18. The number of phosphoric ester groups is 1. The molecule has 0 saturated carbocycles. The summed E-state index contributed by atoms with van der Waals surface area (Å²) in [7, 11) is -4.80. The van der Waals surface area contributed by atoms with Crippen LogP contribution in [0.5, 0.6) is 0 Å². The molecule has 0 aliphatic carbocycles. The van der Waals surface area contributed by atoms with Crippen molar-refractivity contribution in [3.05, 3.63) is 72.9 Å². The lowest BCUT2D eigenvalue weighted by Gasteiger charge is -2.18. The summed E-state index contributed by atoms with van der Waals surface area (Å²) in [5.74, 6) is -1.06. The van der Waals surface area contributed by atoms with E-state index in [1.807, 2.05) is 18.2 Å². The lowest BCUT2D eigenvalue weighted by Crippen LogP contribution is -2.29. The van der Waals surface area contributed by atoms with Gasteiger partial charge in [0, 0.05) is 12.8 Å². The molecule has 0 spiro atoms. The fourth-order valence-electron chi connectivity index (χ4n) is 6.01. The van der Waals surface area contributed by atoms with Crippen molar-refractivity contribution in [1.82, 2.24) is 0 Å². The Kier molecular flexibility index (Phi) is 39.7. The van der Waals surface area contributed by atoms with Crippen LogP contribution in [0.3, 0.4) is 0 Å². The molecule has 328 valence electrons. The van der Waals surface area contributed by atoms with Crippen LogP contribution in [0.15, 0.2) is 72.9 Å². The lowest BCUT2D eigenvalue weighted by molar-refractivity contribution is -0.161. The Morgan fingerprint density at radius 2 is 1.05 bits per heavy atom. The number of ether oxygens (including phenoxy) is 2. The number of unbranched alkanes of at least 4 members (excludes halogenated alkanes) is 18. The molecule has 0 aliphatic rings.